The number of halogens is 3. The fourth-order valence-corrected chi connectivity index (χ4v) is 2.23. The van der Waals surface area contributed by atoms with Crippen LogP contribution in [0, 0.1) is 11.6 Å². The number of benzene rings is 1. The first-order valence-electron chi connectivity index (χ1n) is 5.17. The number of nitrogens with one attached hydrogen (secondary N) is 1. The lowest BCUT2D eigenvalue weighted by atomic mass is 10.2. The molecule has 2 nitrogen and oxygen atoms in total. The highest BCUT2D eigenvalue weighted by Gasteiger charge is 2.17. The monoisotopic (exact) mass is 335 g/mol. The summed E-state index contributed by atoms with van der Waals surface area (Å²) in [5.41, 5.74) is -0.549. The first-order chi connectivity index (χ1) is 8.56. The number of carbonyl (C=O) groups is 1. The number of hydrogen-bond acceptors (Lipinski definition) is 2. The Morgan fingerprint density at radius 3 is 2.61 bits per heavy atom. The zero-order valence-electron chi connectivity index (χ0n) is 9.51. The van der Waals surface area contributed by atoms with E-state index < -0.39 is 23.1 Å². The first kappa shape index (κ1) is 15.2. The third kappa shape index (κ3) is 4.42. The average molecular weight is 336 g/mol. The van der Waals surface area contributed by atoms with Crippen LogP contribution in [0.3, 0.4) is 0 Å². The van der Waals surface area contributed by atoms with Crippen LogP contribution < -0.4 is 5.32 Å². The number of carbonyl (C=O) groups excluding carboxylic acids is 1. The van der Waals surface area contributed by atoms with E-state index in [2.05, 4.69) is 27.8 Å². The molecule has 98 valence electrons. The molecule has 18 heavy (non-hydrogen) atoms. The second kappa shape index (κ2) is 7.53. The Labute approximate surface area is 117 Å². The second-order valence-electron chi connectivity index (χ2n) is 3.36. The van der Waals surface area contributed by atoms with Crippen molar-refractivity contribution in [3.05, 3.63) is 46.5 Å². The molecule has 0 spiro atoms. The number of rotatable bonds is 6. The van der Waals surface area contributed by atoms with Crippen LogP contribution in [0.5, 0.6) is 0 Å². The number of hydrogen-bond donors (Lipinski definition) is 1. The fraction of sp³-hybridized carbons (Fsp3) is 0.250. The molecule has 1 N–H and O–H groups in total. The summed E-state index contributed by atoms with van der Waals surface area (Å²) in [4.78, 5) is 11.6. The minimum absolute atomic E-state index is 0.260. The third-order valence-corrected chi connectivity index (χ3v) is 3.42. The second-order valence-corrected chi connectivity index (χ2v) is 5.43. The van der Waals surface area contributed by atoms with Crippen molar-refractivity contribution in [2.45, 2.75) is 0 Å². The van der Waals surface area contributed by atoms with Gasteiger partial charge in [-0.15, -0.1) is 6.58 Å². The lowest BCUT2D eigenvalue weighted by molar-refractivity contribution is 0.0947. The molecule has 1 aromatic rings. The van der Waals surface area contributed by atoms with Gasteiger partial charge in [0.1, 0.15) is 17.2 Å². The predicted molar refractivity (Wildman–Crippen MR) is 73.9 cm³/mol. The van der Waals surface area contributed by atoms with E-state index >= 15 is 0 Å². The molecule has 0 atom stereocenters. The minimum atomic E-state index is -0.877. The van der Waals surface area contributed by atoms with Gasteiger partial charge in [0, 0.05) is 22.5 Å². The van der Waals surface area contributed by atoms with Crippen LogP contribution in [-0.2, 0) is 0 Å². The largest absolute Gasteiger partial charge is 0.351 e. The third-order valence-electron chi connectivity index (χ3n) is 2.00. The van der Waals surface area contributed by atoms with Gasteiger partial charge in [0.05, 0.1) is 0 Å². The lowest BCUT2D eigenvalue weighted by Crippen LogP contribution is -2.27. The van der Waals surface area contributed by atoms with Gasteiger partial charge in [-0.05, 0) is 12.1 Å². The van der Waals surface area contributed by atoms with Crippen molar-refractivity contribution in [1.29, 1.82) is 0 Å². The Balaban J connectivity index is 2.59. The number of thioether (sulfide) groups is 1. The van der Waals surface area contributed by atoms with Gasteiger partial charge < -0.3 is 5.32 Å². The van der Waals surface area contributed by atoms with E-state index in [-0.39, 0.29) is 4.47 Å². The van der Waals surface area contributed by atoms with Crippen molar-refractivity contribution >= 4 is 33.6 Å². The molecule has 0 heterocycles. The molecule has 0 bridgehead atoms. The zero-order valence-corrected chi connectivity index (χ0v) is 11.9. The van der Waals surface area contributed by atoms with Crippen LogP contribution in [-0.4, -0.2) is 24.0 Å². The van der Waals surface area contributed by atoms with Gasteiger partial charge >= 0.3 is 0 Å². The molecular weight excluding hydrogens is 324 g/mol. The smallest absolute Gasteiger partial charge is 0.257 e. The molecule has 0 saturated heterocycles. The van der Waals surface area contributed by atoms with Crippen molar-refractivity contribution in [2.75, 3.05) is 18.1 Å². The van der Waals surface area contributed by atoms with E-state index in [0.717, 1.165) is 17.9 Å². The van der Waals surface area contributed by atoms with Crippen molar-refractivity contribution in [3.63, 3.8) is 0 Å². The van der Waals surface area contributed by atoms with Crippen LogP contribution in [0.15, 0.2) is 29.3 Å². The first-order valence-corrected chi connectivity index (χ1v) is 7.12. The fourth-order valence-electron chi connectivity index (χ4n) is 1.25. The molecule has 1 amide bonds. The molecular formula is C12H12BrF2NOS. The molecule has 1 aromatic carbocycles. The zero-order chi connectivity index (χ0) is 13.5. The van der Waals surface area contributed by atoms with Crippen molar-refractivity contribution < 1.29 is 13.6 Å². The molecule has 0 aromatic heterocycles. The van der Waals surface area contributed by atoms with Gasteiger partial charge in [0.15, 0.2) is 0 Å². The summed E-state index contributed by atoms with van der Waals surface area (Å²) in [6.07, 6.45) is 1.75. The lowest BCUT2D eigenvalue weighted by Gasteiger charge is -2.07. The van der Waals surface area contributed by atoms with Crippen molar-refractivity contribution in [1.82, 2.24) is 5.32 Å². The highest BCUT2D eigenvalue weighted by atomic mass is 79.9. The topological polar surface area (TPSA) is 29.1 Å². The summed E-state index contributed by atoms with van der Waals surface area (Å²) in [6.45, 7) is 3.91. The molecule has 0 aliphatic rings. The molecule has 0 saturated carbocycles. The van der Waals surface area contributed by atoms with Gasteiger partial charge in [-0.25, -0.2) is 8.78 Å². The molecule has 0 unspecified atom stereocenters. The van der Waals surface area contributed by atoms with Crippen LogP contribution in [0.2, 0.25) is 0 Å². The van der Waals surface area contributed by atoms with E-state index in [1.54, 1.807) is 17.8 Å². The number of amides is 1. The van der Waals surface area contributed by atoms with E-state index in [1.807, 2.05) is 0 Å². The summed E-state index contributed by atoms with van der Waals surface area (Å²) in [5.74, 6) is -1.05. The molecule has 0 aliphatic heterocycles. The molecule has 0 fully saturated rings. The molecule has 0 aliphatic carbocycles. The Bertz CT molecular complexity index is 431. The SMILES string of the molecule is C=CCSCCNC(=O)c1c(F)cc(Br)cc1F. The maximum atomic E-state index is 13.4. The Kier molecular flexibility index (Phi) is 6.35. The van der Waals surface area contributed by atoms with Crippen LogP contribution >= 0.6 is 27.7 Å². The minimum Gasteiger partial charge on any atom is -0.351 e. The van der Waals surface area contributed by atoms with Gasteiger partial charge in [-0.2, -0.15) is 11.8 Å². The summed E-state index contributed by atoms with van der Waals surface area (Å²) < 4.78 is 27.1. The standard InChI is InChI=1S/C12H12BrF2NOS/c1-2-4-18-5-3-16-12(17)11-9(14)6-8(13)7-10(11)15/h2,6-7H,1,3-5H2,(H,16,17). The van der Waals surface area contributed by atoms with Gasteiger partial charge in [-0.1, -0.05) is 22.0 Å². The summed E-state index contributed by atoms with van der Waals surface area (Å²) in [7, 11) is 0. The van der Waals surface area contributed by atoms with E-state index in [1.165, 1.54) is 0 Å². The van der Waals surface area contributed by atoms with E-state index in [0.29, 0.717) is 12.3 Å². The Morgan fingerprint density at radius 1 is 1.44 bits per heavy atom. The van der Waals surface area contributed by atoms with Gasteiger partial charge in [0.25, 0.3) is 5.91 Å². The highest BCUT2D eigenvalue weighted by Crippen LogP contribution is 2.19. The van der Waals surface area contributed by atoms with Crippen LogP contribution in [0.4, 0.5) is 8.78 Å². The molecule has 0 radical (unpaired) electrons. The maximum absolute atomic E-state index is 13.4. The van der Waals surface area contributed by atoms with Crippen molar-refractivity contribution in [2.24, 2.45) is 0 Å². The highest BCUT2D eigenvalue weighted by molar-refractivity contribution is 9.10. The molecule has 1 rings (SSSR count). The van der Waals surface area contributed by atoms with E-state index in [9.17, 15) is 13.6 Å². The van der Waals surface area contributed by atoms with Gasteiger partial charge in [0.2, 0.25) is 0 Å². The molecule has 6 heteroatoms. The Morgan fingerprint density at radius 2 is 2.06 bits per heavy atom. The summed E-state index contributed by atoms with van der Waals surface area (Å²) >= 11 is 4.53. The normalized spacial score (nSPS) is 10.2. The van der Waals surface area contributed by atoms with Gasteiger partial charge in [-0.3, -0.25) is 4.79 Å². The van der Waals surface area contributed by atoms with Crippen LogP contribution in [0.25, 0.3) is 0 Å². The summed E-state index contributed by atoms with van der Waals surface area (Å²) in [6, 6.07) is 2.12. The average Bonchev–Trinajstić information content (AvgIpc) is 2.27. The summed E-state index contributed by atoms with van der Waals surface area (Å²) in [5, 5.41) is 2.47. The predicted octanol–water partition coefficient (Wildman–Crippen LogP) is 3.38. The maximum Gasteiger partial charge on any atom is 0.257 e. The van der Waals surface area contributed by atoms with Crippen molar-refractivity contribution in [3.8, 4) is 0 Å². The van der Waals surface area contributed by atoms with E-state index in [4.69, 9.17) is 0 Å². The Hall–Kier alpha value is -0.880. The quantitative estimate of drug-likeness (QED) is 0.637. The van der Waals surface area contributed by atoms with Crippen LogP contribution in [0.1, 0.15) is 10.4 Å².